The van der Waals surface area contributed by atoms with Gasteiger partial charge < -0.3 is 4.74 Å². The second-order valence-electron chi connectivity index (χ2n) is 7.53. The van der Waals surface area contributed by atoms with Gasteiger partial charge in [0.1, 0.15) is 15.7 Å². The Balaban J connectivity index is 1.60. The van der Waals surface area contributed by atoms with Gasteiger partial charge in [-0.3, -0.25) is 9.69 Å². The third-order valence-corrected chi connectivity index (χ3v) is 7.59. The number of aryl methyl sites for hydroxylation is 2. The molecule has 0 aromatic carbocycles. The van der Waals surface area contributed by atoms with Crippen molar-refractivity contribution in [2.45, 2.75) is 57.5 Å². The fourth-order valence-corrected chi connectivity index (χ4v) is 6.15. The number of carbonyl (C=O) groups is 1. The van der Waals surface area contributed by atoms with E-state index >= 15 is 0 Å². The third kappa shape index (κ3) is 4.30. The first-order valence-electron chi connectivity index (χ1n) is 9.96. The van der Waals surface area contributed by atoms with Crippen LogP contribution >= 0.6 is 23.1 Å². The van der Waals surface area contributed by atoms with Crippen LogP contribution in [0.15, 0.2) is 5.03 Å². The van der Waals surface area contributed by atoms with Gasteiger partial charge in [0.2, 0.25) is 0 Å². The predicted octanol–water partition coefficient (Wildman–Crippen LogP) is 4.07. The number of esters is 1. The Morgan fingerprint density at radius 3 is 2.89 bits per heavy atom. The minimum absolute atomic E-state index is 0.173. The average molecular weight is 406 g/mol. The van der Waals surface area contributed by atoms with Gasteiger partial charge in [0.25, 0.3) is 0 Å². The number of thiophene rings is 1. The molecule has 0 N–H and O–H groups in total. The fourth-order valence-electron chi connectivity index (χ4n) is 3.93. The summed E-state index contributed by atoms with van der Waals surface area (Å²) in [5.41, 5.74) is 1.42. The van der Waals surface area contributed by atoms with E-state index in [9.17, 15) is 4.79 Å². The van der Waals surface area contributed by atoms with Crippen molar-refractivity contribution in [3.63, 3.8) is 0 Å². The lowest BCUT2D eigenvalue weighted by atomic mass is 9.99. The number of piperidine rings is 1. The Morgan fingerprint density at radius 2 is 2.11 bits per heavy atom. The van der Waals surface area contributed by atoms with Crippen LogP contribution in [0.4, 0.5) is 0 Å². The van der Waals surface area contributed by atoms with Gasteiger partial charge >= 0.3 is 5.97 Å². The summed E-state index contributed by atoms with van der Waals surface area (Å²) >= 11 is 3.33. The Labute approximate surface area is 168 Å². The number of likely N-dealkylation sites (tertiary alicyclic amines) is 1. The van der Waals surface area contributed by atoms with Gasteiger partial charge in [-0.05, 0) is 63.6 Å². The van der Waals surface area contributed by atoms with Gasteiger partial charge in [0.05, 0.1) is 18.9 Å². The lowest BCUT2D eigenvalue weighted by Crippen LogP contribution is -2.33. The maximum atomic E-state index is 11.9. The second kappa shape index (κ2) is 8.45. The number of hydrogen-bond acceptors (Lipinski definition) is 7. The fraction of sp³-hybridized carbons (Fsp3) is 0.650. The maximum absolute atomic E-state index is 11.9. The van der Waals surface area contributed by atoms with Crippen molar-refractivity contribution in [3.05, 3.63) is 16.3 Å². The number of thioether (sulfide) groups is 1. The summed E-state index contributed by atoms with van der Waals surface area (Å²) in [6.07, 6.45) is 5.97. The van der Waals surface area contributed by atoms with Crippen molar-refractivity contribution in [1.82, 2.24) is 14.9 Å². The number of ether oxygens (including phenoxy) is 1. The molecule has 1 aliphatic carbocycles. The van der Waals surface area contributed by atoms with Gasteiger partial charge in [-0.25, -0.2) is 9.97 Å². The van der Waals surface area contributed by atoms with Crippen molar-refractivity contribution in [3.8, 4) is 0 Å². The smallest absolute Gasteiger partial charge is 0.316 e. The maximum Gasteiger partial charge on any atom is 0.316 e. The van der Waals surface area contributed by atoms with Crippen LogP contribution < -0.4 is 0 Å². The van der Waals surface area contributed by atoms with Crippen molar-refractivity contribution >= 4 is 39.3 Å². The van der Waals surface area contributed by atoms with Gasteiger partial charge in [0, 0.05) is 10.3 Å². The number of rotatable bonds is 6. The van der Waals surface area contributed by atoms with Gasteiger partial charge in [0.15, 0.2) is 0 Å². The van der Waals surface area contributed by atoms with E-state index in [0.29, 0.717) is 12.4 Å². The van der Waals surface area contributed by atoms with Crippen molar-refractivity contribution in [2.24, 2.45) is 5.92 Å². The van der Waals surface area contributed by atoms with E-state index in [4.69, 9.17) is 14.7 Å². The number of aromatic nitrogens is 2. The molecule has 5 nitrogen and oxygen atoms in total. The molecule has 0 atom stereocenters. The normalized spacial score (nSPS) is 18.1. The van der Waals surface area contributed by atoms with Crippen LogP contribution in [0, 0.1) is 5.92 Å². The molecule has 2 aromatic rings. The molecule has 1 aliphatic heterocycles. The van der Waals surface area contributed by atoms with E-state index < -0.39 is 0 Å². The largest absolute Gasteiger partial charge is 0.465 e. The average Bonchev–Trinajstić information content (AvgIpc) is 3.22. The van der Waals surface area contributed by atoms with E-state index in [-0.39, 0.29) is 5.97 Å². The molecule has 7 heteroatoms. The summed E-state index contributed by atoms with van der Waals surface area (Å²) in [5.74, 6) is 1.85. The minimum atomic E-state index is -0.173. The molecule has 0 spiro atoms. The zero-order valence-electron chi connectivity index (χ0n) is 16.1. The first-order valence-corrected chi connectivity index (χ1v) is 11.8. The summed E-state index contributed by atoms with van der Waals surface area (Å²) in [5, 5.41) is 2.16. The second-order valence-corrected chi connectivity index (χ2v) is 9.58. The van der Waals surface area contributed by atoms with Crippen LogP contribution in [-0.2, 0) is 28.9 Å². The van der Waals surface area contributed by atoms with Crippen molar-refractivity contribution in [1.29, 1.82) is 0 Å². The van der Waals surface area contributed by atoms with Crippen LogP contribution in [0.1, 0.15) is 49.4 Å². The van der Waals surface area contributed by atoms with Crippen LogP contribution in [0.3, 0.4) is 0 Å². The lowest BCUT2D eigenvalue weighted by molar-refractivity contribution is -0.139. The summed E-state index contributed by atoms with van der Waals surface area (Å²) in [7, 11) is 0. The minimum Gasteiger partial charge on any atom is -0.465 e. The monoisotopic (exact) mass is 405 g/mol. The highest BCUT2D eigenvalue weighted by atomic mass is 32.2. The molecule has 2 aliphatic rings. The molecule has 146 valence electrons. The van der Waals surface area contributed by atoms with Crippen LogP contribution in [-0.4, -0.2) is 46.3 Å². The summed E-state index contributed by atoms with van der Waals surface area (Å²) in [6, 6.07) is 0. The molecule has 0 amide bonds. The van der Waals surface area contributed by atoms with Crippen LogP contribution in [0.5, 0.6) is 0 Å². The molecule has 0 radical (unpaired) electrons. The van der Waals surface area contributed by atoms with Crippen molar-refractivity contribution in [2.75, 3.05) is 25.4 Å². The van der Waals surface area contributed by atoms with E-state index in [1.165, 1.54) is 46.9 Å². The molecule has 3 heterocycles. The SMILES string of the molecule is CCOC(=O)CSc1nc(CN2CCC(C)CC2)nc2sc3c(c12)CCC3. The number of nitrogens with zero attached hydrogens (tertiary/aromatic N) is 3. The van der Waals surface area contributed by atoms with Gasteiger partial charge in [-0.2, -0.15) is 0 Å². The Bertz CT molecular complexity index is 828. The topological polar surface area (TPSA) is 55.3 Å². The zero-order valence-corrected chi connectivity index (χ0v) is 17.8. The first-order chi connectivity index (χ1) is 13.1. The number of hydrogen-bond donors (Lipinski definition) is 0. The summed E-state index contributed by atoms with van der Waals surface area (Å²) in [4.78, 5) is 26.7. The van der Waals surface area contributed by atoms with E-state index in [0.717, 1.165) is 54.1 Å². The Kier molecular flexibility index (Phi) is 5.99. The molecule has 1 fully saturated rings. The molecule has 27 heavy (non-hydrogen) atoms. The van der Waals surface area contributed by atoms with Crippen LogP contribution in [0.2, 0.25) is 0 Å². The molecule has 2 aromatic heterocycles. The molecule has 0 bridgehead atoms. The number of carbonyl (C=O) groups excluding carboxylic acids is 1. The zero-order chi connectivity index (χ0) is 18.8. The third-order valence-electron chi connectivity index (χ3n) is 5.45. The molecule has 4 rings (SSSR count). The summed E-state index contributed by atoms with van der Waals surface area (Å²) < 4.78 is 5.10. The lowest BCUT2D eigenvalue weighted by Gasteiger charge is -2.29. The first kappa shape index (κ1) is 19.2. The molecule has 0 saturated carbocycles. The quantitative estimate of drug-likeness (QED) is 0.410. The molecule has 1 saturated heterocycles. The van der Waals surface area contributed by atoms with E-state index in [2.05, 4.69) is 11.8 Å². The highest BCUT2D eigenvalue weighted by Crippen LogP contribution is 2.40. The standard InChI is InChI=1S/C20H27N3O2S2/c1-3-25-17(24)12-26-19-18-14-5-4-6-15(14)27-20(18)22-16(21-19)11-23-9-7-13(2)8-10-23/h13H,3-12H2,1-2H3. The Morgan fingerprint density at radius 1 is 1.30 bits per heavy atom. The van der Waals surface area contributed by atoms with Gasteiger partial charge in [-0.1, -0.05) is 18.7 Å². The Hall–Kier alpha value is -1.18. The predicted molar refractivity (Wildman–Crippen MR) is 110 cm³/mol. The van der Waals surface area contributed by atoms with E-state index in [1.54, 1.807) is 0 Å². The van der Waals surface area contributed by atoms with Gasteiger partial charge in [-0.15, -0.1) is 11.3 Å². The highest BCUT2D eigenvalue weighted by Gasteiger charge is 2.24. The van der Waals surface area contributed by atoms with E-state index in [1.807, 2.05) is 18.3 Å². The summed E-state index contributed by atoms with van der Waals surface area (Å²) in [6.45, 7) is 7.64. The molecule has 0 unspecified atom stereocenters. The number of fused-ring (bicyclic) bond motifs is 3. The van der Waals surface area contributed by atoms with Crippen LogP contribution in [0.25, 0.3) is 10.2 Å². The molecular formula is C20H27N3O2S2. The van der Waals surface area contributed by atoms with Crippen molar-refractivity contribution < 1.29 is 9.53 Å². The molecular weight excluding hydrogens is 378 g/mol. The highest BCUT2D eigenvalue weighted by molar-refractivity contribution is 8.00.